The highest BCUT2D eigenvalue weighted by atomic mass is 32.2. The molecule has 3 heterocycles. The van der Waals surface area contributed by atoms with Gasteiger partial charge in [0.25, 0.3) is 15.9 Å². The van der Waals surface area contributed by atoms with Crippen LogP contribution in [0.25, 0.3) is 11.0 Å². The molecule has 3 aromatic carbocycles. The highest BCUT2D eigenvalue weighted by molar-refractivity contribution is 7.90. The van der Waals surface area contributed by atoms with Crippen molar-refractivity contribution in [2.24, 2.45) is 0 Å². The lowest BCUT2D eigenvalue weighted by molar-refractivity contribution is -0.132. The minimum absolute atomic E-state index is 0.0310. The standard InChI is InChI=1S/C32H28N6O5S/c1-43-26-8-10-27(11-9-26)44(41,42)38-28-12-7-22(20-33)19-29(28)37(32(38)40)30(23-5-3-2-4-6-23)31(39)36-18-15-25(21-36)35-24-13-16-34-17-14-24/h2-14,16-17,19,25,30H,15,18,21H2,1H3,(H,34,35). The zero-order valence-corrected chi connectivity index (χ0v) is 24.5. The molecule has 2 aromatic heterocycles. The maximum Gasteiger partial charge on any atom is 0.344 e. The summed E-state index contributed by atoms with van der Waals surface area (Å²) >= 11 is 0. The highest BCUT2D eigenvalue weighted by Crippen LogP contribution is 2.30. The molecule has 11 nitrogen and oxygen atoms in total. The highest BCUT2D eigenvalue weighted by Gasteiger charge is 2.37. The Morgan fingerprint density at radius 3 is 2.43 bits per heavy atom. The Morgan fingerprint density at radius 2 is 1.75 bits per heavy atom. The fourth-order valence-electron chi connectivity index (χ4n) is 5.57. The Balaban J connectivity index is 1.49. The molecule has 44 heavy (non-hydrogen) atoms. The minimum atomic E-state index is -4.42. The predicted molar refractivity (Wildman–Crippen MR) is 164 cm³/mol. The van der Waals surface area contributed by atoms with Gasteiger partial charge in [-0.3, -0.25) is 14.3 Å². The molecule has 1 fully saturated rings. The summed E-state index contributed by atoms with van der Waals surface area (Å²) in [7, 11) is -2.95. The third kappa shape index (κ3) is 5.18. The molecule has 0 spiro atoms. The zero-order chi connectivity index (χ0) is 30.8. The van der Waals surface area contributed by atoms with Gasteiger partial charge in [-0.15, -0.1) is 0 Å². The Morgan fingerprint density at radius 1 is 1.02 bits per heavy atom. The van der Waals surface area contributed by atoms with E-state index >= 15 is 0 Å². The van der Waals surface area contributed by atoms with Crippen molar-refractivity contribution in [1.82, 2.24) is 18.4 Å². The van der Waals surface area contributed by atoms with E-state index in [0.29, 0.717) is 34.8 Å². The number of likely N-dealkylation sites (tertiary alicyclic amines) is 1. The summed E-state index contributed by atoms with van der Waals surface area (Å²) < 4.78 is 35.0. The maximum atomic E-state index is 14.4. The average Bonchev–Trinajstić information content (AvgIpc) is 3.64. The summed E-state index contributed by atoms with van der Waals surface area (Å²) in [5.74, 6) is 0.0926. The summed E-state index contributed by atoms with van der Waals surface area (Å²) in [5, 5.41) is 13.1. The van der Waals surface area contributed by atoms with Gasteiger partial charge in [-0.05, 0) is 66.6 Å². The molecule has 12 heteroatoms. The van der Waals surface area contributed by atoms with Crippen molar-refractivity contribution in [3.63, 3.8) is 0 Å². The number of pyridine rings is 1. The molecule has 1 N–H and O–H groups in total. The lowest BCUT2D eigenvalue weighted by Crippen LogP contribution is -2.41. The number of nitrogens with one attached hydrogen (secondary N) is 1. The molecule has 1 amide bonds. The van der Waals surface area contributed by atoms with E-state index in [2.05, 4.69) is 16.4 Å². The number of rotatable bonds is 8. The molecule has 0 bridgehead atoms. The number of nitriles is 1. The average molecular weight is 609 g/mol. The molecular formula is C32H28N6O5S. The minimum Gasteiger partial charge on any atom is -0.497 e. The van der Waals surface area contributed by atoms with Gasteiger partial charge < -0.3 is 15.0 Å². The zero-order valence-electron chi connectivity index (χ0n) is 23.7. The molecular weight excluding hydrogens is 580 g/mol. The van der Waals surface area contributed by atoms with Gasteiger partial charge >= 0.3 is 5.69 Å². The van der Waals surface area contributed by atoms with Gasteiger partial charge in [0.05, 0.1) is 34.7 Å². The number of ether oxygens (including phenoxy) is 1. The second-order valence-corrected chi connectivity index (χ2v) is 12.2. The predicted octanol–water partition coefficient (Wildman–Crippen LogP) is 3.62. The topological polar surface area (TPSA) is 139 Å². The Labute approximate surface area is 253 Å². The number of anilines is 1. The van der Waals surface area contributed by atoms with Crippen LogP contribution in [-0.4, -0.2) is 59.0 Å². The quantitative estimate of drug-likeness (QED) is 0.282. The molecule has 1 aliphatic rings. The Hall–Kier alpha value is -5.41. The monoisotopic (exact) mass is 608 g/mol. The fraction of sp³-hybridized carbons (Fsp3) is 0.188. The van der Waals surface area contributed by atoms with E-state index in [1.165, 1.54) is 54.1 Å². The first-order valence-electron chi connectivity index (χ1n) is 13.9. The van der Waals surface area contributed by atoms with E-state index in [-0.39, 0.29) is 33.4 Å². The smallest absolute Gasteiger partial charge is 0.344 e. The summed E-state index contributed by atoms with van der Waals surface area (Å²) in [6.45, 7) is 0.817. The molecule has 1 aliphatic heterocycles. The number of benzene rings is 3. The molecule has 222 valence electrons. The second-order valence-electron chi connectivity index (χ2n) is 10.4. The number of nitrogens with zero attached hydrogens (tertiary/aromatic N) is 5. The van der Waals surface area contributed by atoms with Crippen LogP contribution in [0, 0.1) is 11.3 Å². The van der Waals surface area contributed by atoms with Crippen LogP contribution in [0.15, 0.2) is 107 Å². The number of imidazole rings is 1. The van der Waals surface area contributed by atoms with Gasteiger partial charge in [-0.25, -0.2) is 13.2 Å². The van der Waals surface area contributed by atoms with E-state index in [9.17, 15) is 23.3 Å². The van der Waals surface area contributed by atoms with Crippen LogP contribution in [0.2, 0.25) is 0 Å². The van der Waals surface area contributed by atoms with Crippen LogP contribution in [0.3, 0.4) is 0 Å². The third-order valence-corrected chi connectivity index (χ3v) is 9.42. The van der Waals surface area contributed by atoms with Gasteiger partial charge in [0.1, 0.15) is 11.8 Å². The number of amides is 1. The first-order chi connectivity index (χ1) is 21.3. The van der Waals surface area contributed by atoms with Crippen molar-refractivity contribution in [2.45, 2.75) is 23.4 Å². The van der Waals surface area contributed by atoms with Crippen molar-refractivity contribution in [1.29, 1.82) is 5.26 Å². The lowest BCUT2D eigenvalue weighted by atomic mass is 10.0. The van der Waals surface area contributed by atoms with Crippen molar-refractivity contribution in [2.75, 3.05) is 25.5 Å². The maximum absolute atomic E-state index is 14.4. The van der Waals surface area contributed by atoms with Crippen LogP contribution in [0.5, 0.6) is 5.75 Å². The van der Waals surface area contributed by atoms with Crippen LogP contribution in [0.1, 0.15) is 23.6 Å². The van der Waals surface area contributed by atoms with E-state index in [4.69, 9.17) is 4.74 Å². The number of aromatic nitrogens is 3. The number of carbonyl (C=O) groups is 1. The van der Waals surface area contributed by atoms with Gasteiger partial charge in [0, 0.05) is 37.2 Å². The number of hydrogen-bond acceptors (Lipinski definition) is 8. The molecule has 0 radical (unpaired) electrons. The molecule has 2 unspecified atom stereocenters. The molecule has 1 saturated heterocycles. The second kappa shape index (κ2) is 11.7. The van der Waals surface area contributed by atoms with Crippen molar-refractivity contribution < 1.29 is 17.9 Å². The van der Waals surface area contributed by atoms with Crippen LogP contribution in [0.4, 0.5) is 5.69 Å². The van der Waals surface area contributed by atoms with Crippen molar-refractivity contribution in [3.05, 3.63) is 119 Å². The number of methoxy groups -OCH3 is 1. The SMILES string of the molecule is COc1ccc(S(=O)(=O)n2c(=O)n(C(C(=O)N3CCC(Nc4ccncc4)C3)c3ccccc3)c3cc(C#N)ccc32)cc1. The van der Waals surface area contributed by atoms with Crippen LogP contribution < -0.4 is 15.7 Å². The fourth-order valence-corrected chi connectivity index (χ4v) is 6.97. The summed E-state index contributed by atoms with van der Waals surface area (Å²) in [6.07, 6.45) is 4.04. The number of carbonyl (C=O) groups excluding carboxylic acids is 1. The van der Waals surface area contributed by atoms with Crippen LogP contribution in [-0.2, 0) is 14.8 Å². The number of hydrogen-bond donors (Lipinski definition) is 1. The Kier molecular flexibility index (Phi) is 7.63. The van der Waals surface area contributed by atoms with E-state index < -0.39 is 21.8 Å². The normalized spacial score (nSPS) is 15.5. The molecule has 0 saturated carbocycles. The van der Waals surface area contributed by atoms with Gasteiger partial charge in [-0.2, -0.15) is 9.23 Å². The molecule has 6 rings (SSSR count). The largest absolute Gasteiger partial charge is 0.497 e. The van der Waals surface area contributed by atoms with Crippen molar-refractivity contribution >= 4 is 32.7 Å². The summed E-state index contributed by atoms with van der Waals surface area (Å²) in [6, 6.07) is 23.3. The van der Waals surface area contributed by atoms with E-state index in [1.54, 1.807) is 47.6 Å². The first kappa shape index (κ1) is 28.7. The first-order valence-corrected chi connectivity index (χ1v) is 15.3. The van der Waals surface area contributed by atoms with E-state index in [0.717, 1.165) is 5.69 Å². The molecule has 5 aromatic rings. The Bertz CT molecular complexity index is 2030. The summed E-state index contributed by atoms with van der Waals surface area (Å²) in [4.78, 5) is 34.3. The van der Waals surface area contributed by atoms with Gasteiger partial charge in [-0.1, -0.05) is 30.3 Å². The third-order valence-electron chi connectivity index (χ3n) is 7.72. The molecule has 2 atom stereocenters. The van der Waals surface area contributed by atoms with Crippen LogP contribution >= 0.6 is 0 Å². The summed E-state index contributed by atoms with van der Waals surface area (Å²) in [5.41, 5.74) is 0.890. The molecule has 0 aliphatic carbocycles. The lowest BCUT2D eigenvalue weighted by Gasteiger charge is -2.25. The van der Waals surface area contributed by atoms with E-state index in [1.807, 2.05) is 12.1 Å². The van der Waals surface area contributed by atoms with Gasteiger partial charge in [0.15, 0.2) is 0 Å². The van der Waals surface area contributed by atoms with Gasteiger partial charge in [0.2, 0.25) is 0 Å². The number of fused-ring (bicyclic) bond motifs is 1. The van der Waals surface area contributed by atoms with Crippen molar-refractivity contribution in [3.8, 4) is 11.8 Å².